The van der Waals surface area contributed by atoms with Gasteiger partial charge in [-0.1, -0.05) is 18.5 Å². The van der Waals surface area contributed by atoms with Crippen molar-refractivity contribution in [1.82, 2.24) is 14.8 Å². The van der Waals surface area contributed by atoms with E-state index in [1.807, 2.05) is 30.9 Å². The van der Waals surface area contributed by atoms with Gasteiger partial charge in [0.1, 0.15) is 5.75 Å². The number of carbonyl (C=O) groups is 1. The zero-order valence-electron chi connectivity index (χ0n) is 16.1. The Kier molecular flexibility index (Phi) is 6.73. The summed E-state index contributed by atoms with van der Waals surface area (Å²) in [6, 6.07) is 5.44. The zero-order chi connectivity index (χ0) is 19.4. The quantitative estimate of drug-likeness (QED) is 0.731. The summed E-state index contributed by atoms with van der Waals surface area (Å²) in [6.07, 6.45) is 0.472. The Hall–Kier alpha value is -1.63. The van der Waals surface area contributed by atoms with Crippen molar-refractivity contribution in [3.05, 3.63) is 44.9 Å². The Labute approximate surface area is 169 Å². The van der Waals surface area contributed by atoms with Crippen molar-refractivity contribution in [2.45, 2.75) is 39.8 Å². The molecule has 2 aromatic rings. The minimum absolute atomic E-state index is 0.0333. The number of thiazole rings is 1. The van der Waals surface area contributed by atoms with Gasteiger partial charge in [-0.15, -0.1) is 11.3 Å². The van der Waals surface area contributed by atoms with E-state index in [4.69, 9.17) is 16.3 Å². The van der Waals surface area contributed by atoms with Gasteiger partial charge in [0.15, 0.2) is 6.10 Å². The smallest absolute Gasteiger partial charge is 0.263 e. The number of piperazine rings is 1. The topological polar surface area (TPSA) is 45.7 Å². The third kappa shape index (κ3) is 5.21. The first kappa shape index (κ1) is 20.1. The molecule has 1 aromatic carbocycles. The molecule has 1 unspecified atom stereocenters. The fourth-order valence-corrected chi connectivity index (χ4v) is 4.15. The van der Waals surface area contributed by atoms with E-state index in [0.29, 0.717) is 10.8 Å². The zero-order valence-corrected chi connectivity index (χ0v) is 17.6. The highest BCUT2D eigenvalue weighted by Gasteiger charge is 2.26. The molecule has 0 aliphatic carbocycles. The first-order valence-electron chi connectivity index (χ1n) is 9.33. The van der Waals surface area contributed by atoms with Crippen molar-refractivity contribution in [1.29, 1.82) is 0 Å². The summed E-state index contributed by atoms with van der Waals surface area (Å²) in [7, 11) is 0. The van der Waals surface area contributed by atoms with Crippen LogP contribution >= 0.6 is 22.9 Å². The molecule has 0 bridgehead atoms. The summed E-state index contributed by atoms with van der Waals surface area (Å²) in [6.45, 7) is 9.88. The predicted molar refractivity (Wildman–Crippen MR) is 110 cm³/mol. The van der Waals surface area contributed by atoms with Crippen LogP contribution in [-0.2, 0) is 17.8 Å². The van der Waals surface area contributed by atoms with Crippen molar-refractivity contribution < 1.29 is 9.53 Å². The maximum atomic E-state index is 12.7. The van der Waals surface area contributed by atoms with E-state index < -0.39 is 6.10 Å². The standard InChI is InChI=1S/C20H26ClN3O2S/c1-4-19-22-17(13-27-19)12-23-7-9-24(10-8-23)20(25)15(3)26-18-6-5-16(21)11-14(18)2/h5-6,11,13,15H,4,7-10,12H2,1-3H3. The van der Waals surface area contributed by atoms with Crippen molar-refractivity contribution in [2.75, 3.05) is 26.2 Å². The monoisotopic (exact) mass is 407 g/mol. The van der Waals surface area contributed by atoms with Crippen LogP contribution in [0.1, 0.15) is 30.1 Å². The molecule has 0 radical (unpaired) electrons. The largest absolute Gasteiger partial charge is 0.481 e. The molecule has 3 rings (SSSR count). The van der Waals surface area contributed by atoms with Gasteiger partial charge >= 0.3 is 0 Å². The Morgan fingerprint density at radius 2 is 2.07 bits per heavy atom. The van der Waals surface area contributed by atoms with Gasteiger partial charge in [-0.05, 0) is 44.0 Å². The molecule has 1 saturated heterocycles. The molecule has 1 fully saturated rings. The van der Waals surface area contributed by atoms with Crippen molar-refractivity contribution >= 4 is 28.8 Å². The highest BCUT2D eigenvalue weighted by molar-refractivity contribution is 7.09. The minimum atomic E-state index is -0.512. The summed E-state index contributed by atoms with van der Waals surface area (Å²) < 4.78 is 5.88. The highest BCUT2D eigenvalue weighted by atomic mass is 35.5. The van der Waals surface area contributed by atoms with Crippen LogP contribution in [-0.4, -0.2) is 53.0 Å². The number of carbonyl (C=O) groups excluding carboxylic acids is 1. The second kappa shape index (κ2) is 9.04. The van der Waals surface area contributed by atoms with Gasteiger partial charge in [0.05, 0.1) is 10.7 Å². The van der Waals surface area contributed by atoms with E-state index >= 15 is 0 Å². The maximum Gasteiger partial charge on any atom is 0.263 e. The number of halogens is 1. The molecule has 2 heterocycles. The Morgan fingerprint density at radius 3 is 2.70 bits per heavy atom. The number of aromatic nitrogens is 1. The predicted octanol–water partition coefficient (Wildman–Crippen LogP) is 3.78. The molecule has 1 aliphatic heterocycles. The highest BCUT2D eigenvalue weighted by Crippen LogP contribution is 2.23. The molecule has 7 heteroatoms. The third-order valence-electron chi connectivity index (χ3n) is 4.76. The SMILES string of the molecule is CCc1nc(CN2CCN(C(=O)C(C)Oc3ccc(Cl)cc3C)CC2)cs1. The number of benzene rings is 1. The van der Waals surface area contributed by atoms with Gasteiger partial charge in [0, 0.05) is 43.1 Å². The summed E-state index contributed by atoms with van der Waals surface area (Å²) in [4.78, 5) is 21.6. The molecule has 1 atom stereocenters. The second-order valence-corrected chi connectivity index (χ2v) is 8.24. The van der Waals surface area contributed by atoms with Crippen LogP contribution in [0.25, 0.3) is 0 Å². The maximum absolute atomic E-state index is 12.7. The summed E-state index contributed by atoms with van der Waals surface area (Å²) in [5.41, 5.74) is 2.06. The molecule has 146 valence electrons. The van der Waals surface area contributed by atoms with Gasteiger partial charge in [-0.3, -0.25) is 9.69 Å². The molecule has 5 nitrogen and oxygen atoms in total. The average molecular weight is 408 g/mol. The first-order chi connectivity index (χ1) is 13.0. The molecule has 0 spiro atoms. The van der Waals surface area contributed by atoms with Crippen LogP contribution in [0.15, 0.2) is 23.6 Å². The van der Waals surface area contributed by atoms with E-state index in [-0.39, 0.29) is 5.91 Å². The number of ether oxygens (including phenoxy) is 1. The molecular formula is C20H26ClN3O2S. The summed E-state index contributed by atoms with van der Waals surface area (Å²) in [5.74, 6) is 0.736. The minimum Gasteiger partial charge on any atom is -0.481 e. The van der Waals surface area contributed by atoms with Crippen LogP contribution in [0.5, 0.6) is 5.75 Å². The van der Waals surface area contributed by atoms with Gasteiger partial charge in [0.2, 0.25) is 0 Å². The molecule has 0 saturated carbocycles. The lowest BCUT2D eigenvalue weighted by Crippen LogP contribution is -2.51. The van der Waals surface area contributed by atoms with E-state index in [9.17, 15) is 4.79 Å². The fourth-order valence-electron chi connectivity index (χ4n) is 3.18. The molecule has 27 heavy (non-hydrogen) atoms. The number of aryl methyl sites for hydroxylation is 2. The van der Waals surface area contributed by atoms with E-state index in [1.165, 1.54) is 5.01 Å². The number of nitrogens with zero attached hydrogens (tertiary/aromatic N) is 3. The van der Waals surface area contributed by atoms with Gasteiger partial charge in [0.25, 0.3) is 5.91 Å². The Bertz CT molecular complexity index is 787. The van der Waals surface area contributed by atoms with Crippen LogP contribution in [0.4, 0.5) is 0 Å². The average Bonchev–Trinajstić information content (AvgIpc) is 3.11. The van der Waals surface area contributed by atoms with Crippen LogP contribution < -0.4 is 4.74 Å². The van der Waals surface area contributed by atoms with E-state index in [1.54, 1.807) is 17.4 Å². The van der Waals surface area contributed by atoms with Crippen molar-refractivity contribution in [3.63, 3.8) is 0 Å². The second-order valence-electron chi connectivity index (χ2n) is 6.86. The molecule has 1 aromatic heterocycles. The summed E-state index contributed by atoms with van der Waals surface area (Å²) >= 11 is 7.70. The fraction of sp³-hybridized carbons (Fsp3) is 0.500. The van der Waals surface area contributed by atoms with E-state index in [0.717, 1.165) is 50.4 Å². The Morgan fingerprint density at radius 1 is 1.33 bits per heavy atom. The van der Waals surface area contributed by atoms with Crippen molar-refractivity contribution in [2.24, 2.45) is 0 Å². The molecule has 0 N–H and O–H groups in total. The number of hydrogen-bond donors (Lipinski definition) is 0. The van der Waals surface area contributed by atoms with Crippen LogP contribution in [0.3, 0.4) is 0 Å². The Balaban J connectivity index is 1.50. The first-order valence-corrected chi connectivity index (χ1v) is 10.6. The number of rotatable bonds is 6. The third-order valence-corrected chi connectivity index (χ3v) is 6.04. The van der Waals surface area contributed by atoms with Gasteiger partial charge in [-0.25, -0.2) is 4.98 Å². The van der Waals surface area contributed by atoms with Gasteiger partial charge < -0.3 is 9.64 Å². The number of hydrogen-bond acceptors (Lipinski definition) is 5. The molecular weight excluding hydrogens is 382 g/mol. The lowest BCUT2D eigenvalue weighted by atomic mass is 10.2. The van der Waals surface area contributed by atoms with Crippen molar-refractivity contribution in [3.8, 4) is 5.75 Å². The lowest BCUT2D eigenvalue weighted by molar-refractivity contribution is -0.139. The van der Waals surface area contributed by atoms with Crippen LogP contribution in [0.2, 0.25) is 5.02 Å². The van der Waals surface area contributed by atoms with Crippen LogP contribution in [0, 0.1) is 6.92 Å². The number of amides is 1. The normalized spacial score (nSPS) is 16.4. The molecule has 1 aliphatic rings. The lowest BCUT2D eigenvalue weighted by Gasteiger charge is -2.35. The molecule has 1 amide bonds. The summed E-state index contributed by atoms with van der Waals surface area (Å²) in [5, 5.41) is 3.99. The van der Waals surface area contributed by atoms with Gasteiger partial charge in [-0.2, -0.15) is 0 Å². The van der Waals surface area contributed by atoms with E-state index in [2.05, 4.69) is 22.2 Å².